The SMILES string of the molecule is C=CC(c1ccccc1)C(c1ccc(N(c2ccccc2)c2ccc3c(c2)C(C)(C)c2ccccc2-3)cc1)c1ccc2c(c1)C(C)(C)c1cc(N(c3ccccc3)c3ccc(N(c4ccccc4)c4ccc5c(c4)-c4ccccc4C5(C)C)cc3)ccc1-2. The van der Waals surface area contributed by atoms with Crippen molar-refractivity contribution in [2.75, 3.05) is 14.7 Å². The highest BCUT2D eigenvalue weighted by Gasteiger charge is 2.40. The molecule has 0 radical (unpaired) electrons. The fraction of sp³-hybridized carbons (Fsp3) is 0.129. The monoisotopic (exact) mass is 1130 g/mol. The van der Waals surface area contributed by atoms with Crippen molar-refractivity contribution in [1.29, 1.82) is 0 Å². The van der Waals surface area contributed by atoms with Gasteiger partial charge in [0.1, 0.15) is 0 Å². The van der Waals surface area contributed by atoms with Gasteiger partial charge in [-0.3, -0.25) is 0 Å². The van der Waals surface area contributed by atoms with Gasteiger partial charge in [-0.25, -0.2) is 0 Å². The first kappa shape index (κ1) is 54.4. The Hall–Kier alpha value is -10.2. The van der Waals surface area contributed by atoms with Crippen LogP contribution in [-0.4, -0.2) is 0 Å². The molecule has 2 unspecified atom stereocenters. The van der Waals surface area contributed by atoms with Crippen molar-refractivity contribution in [2.45, 2.75) is 69.6 Å². The number of fused-ring (bicyclic) bond motifs is 9. The Kier molecular flexibility index (Phi) is 13.2. The molecule has 0 bridgehead atoms. The highest BCUT2D eigenvalue weighted by atomic mass is 15.2. The van der Waals surface area contributed by atoms with Crippen LogP contribution in [0.1, 0.15) is 103 Å². The van der Waals surface area contributed by atoms with Crippen molar-refractivity contribution >= 4 is 51.2 Å². The molecule has 3 aliphatic carbocycles. The van der Waals surface area contributed by atoms with Gasteiger partial charge in [-0.05, 0) is 193 Å². The maximum absolute atomic E-state index is 4.55. The highest BCUT2D eigenvalue weighted by Crippen LogP contribution is 2.55. The number of para-hydroxylation sites is 3. The quantitative estimate of drug-likeness (QED) is 0.101. The van der Waals surface area contributed by atoms with Crippen LogP contribution in [-0.2, 0) is 16.2 Å². The number of allylic oxidation sites excluding steroid dienone is 1. The fourth-order valence-corrected chi connectivity index (χ4v) is 15.2. The van der Waals surface area contributed by atoms with E-state index in [1.807, 2.05) is 0 Å². The number of anilines is 9. The summed E-state index contributed by atoms with van der Waals surface area (Å²) < 4.78 is 0. The van der Waals surface area contributed by atoms with E-state index in [2.05, 4.69) is 360 Å². The van der Waals surface area contributed by atoms with Crippen molar-refractivity contribution in [3.05, 3.63) is 354 Å². The van der Waals surface area contributed by atoms with Crippen LogP contribution < -0.4 is 14.7 Å². The maximum atomic E-state index is 4.55. The van der Waals surface area contributed by atoms with Crippen molar-refractivity contribution in [3.63, 3.8) is 0 Å². The summed E-state index contributed by atoms with van der Waals surface area (Å²) in [6.45, 7) is 18.8. The van der Waals surface area contributed by atoms with Gasteiger partial charge in [0.2, 0.25) is 0 Å². The van der Waals surface area contributed by atoms with Gasteiger partial charge in [-0.15, -0.1) is 6.58 Å². The lowest BCUT2D eigenvalue weighted by molar-refractivity contribution is 0.654. The number of rotatable bonds is 14. The van der Waals surface area contributed by atoms with Gasteiger partial charge in [-0.2, -0.15) is 0 Å². The number of benzene rings is 12. The molecule has 0 saturated heterocycles. The lowest BCUT2D eigenvalue weighted by atomic mass is 9.75. The molecular weight excluding hydrogens is 1060 g/mol. The Bertz CT molecular complexity index is 4600. The fourth-order valence-electron chi connectivity index (χ4n) is 15.2. The Balaban J connectivity index is 0.779. The second-order valence-corrected chi connectivity index (χ2v) is 25.7. The third-order valence-electron chi connectivity index (χ3n) is 19.7. The van der Waals surface area contributed by atoms with Gasteiger partial charge in [-0.1, -0.05) is 230 Å². The molecule has 3 heteroatoms. The van der Waals surface area contributed by atoms with Crippen molar-refractivity contribution in [2.24, 2.45) is 0 Å². The largest absolute Gasteiger partial charge is 0.310 e. The molecule has 0 N–H and O–H groups in total. The first-order chi connectivity index (χ1) is 42.9. The molecule has 0 saturated carbocycles. The molecule has 0 amide bonds. The number of hydrogen-bond acceptors (Lipinski definition) is 3. The Morgan fingerprint density at radius 3 is 1.03 bits per heavy atom. The summed E-state index contributed by atoms with van der Waals surface area (Å²) in [7, 11) is 0. The summed E-state index contributed by atoms with van der Waals surface area (Å²) >= 11 is 0. The number of nitrogens with zero attached hydrogens (tertiary/aromatic N) is 3. The molecule has 3 nitrogen and oxygen atoms in total. The van der Waals surface area contributed by atoms with E-state index in [9.17, 15) is 0 Å². The molecule has 88 heavy (non-hydrogen) atoms. The van der Waals surface area contributed by atoms with Gasteiger partial charge in [0.15, 0.2) is 0 Å². The minimum absolute atomic E-state index is 0.0123. The van der Waals surface area contributed by atoms with Crippen molar-refractivity contribution in [1.82, 2.24) is 0 Å². The minimum atomic E-state index is -0.308. The summed E-state index contributed by atoms with van der Waals surface area (Å²) in [5, 5.41) is 0. The van der Waals surface area contributed by atoms with E-state index in [0.717, 1.165) is 51.2 Å². The van der Waals surface area contributed by atoms with E-state index in [-0.39, 0.29) is 28.1 Å². The minimum Gasteiger partial charge on any atom is -0.310 e. The Labute approximate surface area is 519 Å². The van der Waals surface area contributed by atoms with Gasteiger partial charge in [0.05, 0.1) is 0 Å². The lowest BCUT2D eigenvalue weighted by Gasteiger charge is -2.30. The van der Waals surface area contributed by atoms with E-state index in [4.69, 9.17) is 0 Å². The Morgan fingerprint density at radius 2 is 0.557 bits per heavy atom. The molecular formula is C85H71N3. The van der Waals surface area contributed by atoms with Crippen LogP contribution in [0, 0.1) is 0 Å². The third kappa shape index (κ3) is 8.93. The van der Waals surface area contributed by atoms with E-state index in [1.165, 1.54) is 83.5 Å². The van der Waals surface area contributed by atoms with Crippen molar-refractivity contribution in [3.8, 4) is 33.4 Å². The van der Waals surface area contributed by atoms with Crippen LogP contribution in [0.5, 0.6) is 0 Å². The van der Waals surface area contributed by atoms with Gasteiger partial charge in [0, 0.05) is 79.3 Å². The van der Waals surface area contributed by atoms with Gasteiger partial charge in [0.25, 0.3) is 0 Å². The van der Waals surface area contributed by atoms with Crippen LogP contribution in [0.4, 0.5) is 51.2 Å². The zero-order valence-electron chi connectivity index (χ0n) is 51.0. The molecule has 2 atom stereocenters. The molecule has 0 heterocycles. The topological polar surface area (TPSA) is 9.72 Å². The summed E-state index contributed by atoms with van der Waals surface area (Å²) in [5.74, 6) is -0.00184. The first-order valence-electron chi connectivity index (χ1n) is 31.1. The maximum Gasteiger partial charge on any atom is 0.0468 e. The summed E-state index contributed by atoms with van der Waals surface area (Å²) in [5.41, 5.74) is 29.2. The molecule has 3 aliphatic rings. The molecule has 0 spiro atoms. The molecule has 12 aromatic rings. The van der Waals surface area contributed by atoms with E-state index >= 15 is 0 Å². The normalized spacial score (nSPS) is 14.7. The van der Waals surface area contributed by atoms with Crippen LogP contribution in [0.15, 0.2) is 304 Å². The smallest absolute Gasteiger partial charge is 0.0468 e. The van der Waals surface area contributed by atoms with E-state index in [0.29, 0.717) is 0 Å². The molecule has 0 aliphatic heterocycles. The van der Waals surface area contributed by atoms with Crippen LogP contribution in [0.25, 0.3) is 33.4 Å². The molecule has 0 fully saturated rings. The summed E-state index contributed by atoms with van der Waals surface area (Å²) in [6, 6.07) is 108. The van der Waals surface area contributed by atoms with Crippen LogP contribution in [0.2, 0.25) is 0 Å². The third-order valence-corrected chi connectivity index (χ3v) is 19.7. The van der Waals surface area contributed by atoms with E-state index < -0.39 is 0 Å². The molecule has 15 rings (SSSR count). The average Bonchev–Trinajstić information content (AvgIpc) is 1.62. The molecule has 12 aromatic carbocycles. The summed E-state index contributed by atoms with van der Waals surface area (Å²) in [6.07, 6.45) is 2.16. The van der Waals surface area contributed by atoms with E-state index in [1.54, 1.807) is 0 Å². The average molecular weight is 1130 g/mol. The van der Waals surface area contributed by atoms with Crippen molar-refractivity contribution < 1.29 is 0 Å². The van der Waals surface area contributed by atoms with Gasteiger partial charge >= 0.3 is 0 Å². The zero-order chi connectivity index (χ0) is 59.9. The predicted molar refractivity (Wildman–Crippen MR) is 371 cm³/mol. The standard InChI is InChI=1S/C85H71N3/c1-8-69(57-25-13-9-14-26-57)82(58-37-40-63(41-38-58)87(61-29-17-11-18-30-61)67-46-50-73-70-33-21-23-35-76(70)84(4,5)80(73)55-67)59-39-49-72-74-51-47-68(56-81(74)85(6,7)79(72)53-59)88(62-31-19-12-20-32-62)65-44-42-64(43-45-65)86(60-27-15-10-16-28-60)66-48-52-78-75(54-66)71-34-22-24-36-77(71)83(78,2)3/h8-56,69,82H,1H2,2-7H3. The predicted octanol–water partition coefficient (Wildman–Crippen LogP) is 23.1. The molecule has 0 aromatic heterocycles. The van der Waals surface area contributed by atoms with Crippen LogP contribution in [0.3, 0.4) is 0 Å². The number of hydrogen-bond donors (Lipinski definition) is 0. The first-order valence-corrected chi connectivity index (χ1v) is 31.1. The van der Waals surface area contributed by atoms with Gasteiger partial charge < -0.3 is 14.7 Å². The second kappa shape index (κ2) is 21.3. The highest BCUT2D eigenvalue weighted by molar-refractivity contribution is 5.90. The Morgan fingerprint density at radius 1 is 0.250 bits per heavy atom. The zero-order valence-corrected chi connectivity index (χ0v) is 51.0. The van der Waals surface area contributed by atoms with Crippen LogP contribution >= 0.6 is 0 Å². The summed E-state index contributed by atoms with van der Waals surface area (Å²) in [4.78, 5) is 7.21. The second-order valence-electron chi connectivity index (χ2n) is 25.7. The lowest BCUT2D eigenvalue weighted by Crippen LogP contribution is -2.18. The molecule has 426 valence electrons.